The van der Waals surface area contributed by atoms with Gasteiger partial charge in [-0.25, -0.2) is 9.97 Å². The Labute approximate surface area is 89.0 Å². The third kappa shape index (κ3) is 1.13. The first kappa shape index (κ1) is 8.78. The molecule has 0 unspecified atom stereocenters. The van der Waals surface area contributed by atoms with Gasteiger partial charge in [-0.1, -0.05) is 12.1 Å². The Balaban J connectivity index is 2.40. The van der Waals surface area contributed by atoms with Crippen LogP contribution in [0.1, 0.15) is 21.0 Å². The number of benzene rings is 1. The van der Waals surface area contributed by atoms with E-state index in [-0.39, 0.29) is 11.4 Å². The Hall–Kier alpha value is -2.50. The molecule has 6 heteroatoms. The summed E-state index contributed by atoms with van der Waals surface area (Å²) in [5.41, 5.74) is 1.05. The minimum absolute atomic E-state index is 0.0290. The summed E-state index contributed by atoms with van der Waals surface area (Å²) >= 11 is 0. The minimum atomic E-state index is -0.632. The van der Waals surface area contributed by atoms with Crippen molar-refractivity contribution in [1.82, 2.24) is 9.97 Å². The Morgan fingerprint density at radius 3 is 1.62 bits per heavy atom. The molecule has 0 atom stereocenters. The predicted molar refractivity (Wildman–Crippen MR) is 53.1 cm³/mol. The number of carbonyl (C=O) groups excluding carboxylic acids is 2. The van der Waals surface area contributed by atoms with Crippen molar-refractivity contribution < 1.29 is 9.59 Å². The summed E-state index contributed by atoms with van der Waals surface area (Å²) in [7, 11) is 0. The summed E-state index contributed by atoms with van der Waals surface area (Å²) in [4.78, 5) is 30.8. The van der Waals surface area contributed by atoms with Gasteiger partial charge >= 0.3 is 11.8 Å². The average Bonchev–Trinajstić information content (AvgIpc) is 2.32. The van der Waals surface area contributed by atoms with Crippen LogP contribution in [0.2, 0.25) is 0 Å². The number of rotatable bonds is 0. The fraction of sp³-hybridized carbons (Fsp3) is 0. The maximum atomic E-state index is 11.4. The van der Waals surface area contributed by atoms with Gasteiger partial charge < -0.3 is 0 Å². The van der Waals surface area contributed by atoms with Gasteiger partial charge in [0.05, 0.1) is 11.0 Å². The molecule has 76 valence electrons. The van der Waals surface area contributed by atoms with E-state index in [4.69, 9.17) is 0 Å². The zero-order valence-electron chi connectivity index (χ0n) is 7.91. The van der Waals surface area contributed by atoms with Crippen LogP contribution >= 0.6 is 0 Å². The largest absolute Gasteiger partial charge is 0.316 e. The van der Waals surface area contributed by atoms with Crippen molar-refractivity contribution in [1.29, 1.82) is 0 Å². The van der Waals surface area contributed by atoms with Crippen molar-refractivity contribution >= 4 is 22.8 Å². The maximum Gasteiger partial charge on any atom is 0.316 e. The van der Waals surface area contributed by atoms with Crippen LogP contribution in [0.25, 0.3) is 11.0 Å². The molecule has 0 radical (unpaired) electrons. The molecule has 6 nitrogen and oxygen atoms in total. The number of fused-ring (bicyclic) bond motifs is 2. The van der Waals surface area contributed by atoms with E-state index >= 15 is 0 Å². The molecule has 0 aliphatic carbocycles. The van der Waals surface area contributed by atoms with E-state index in [0.29, 0.717) is 11.0 Å². The maximum absolute atomic E-state index is 11.4. The quantitative estimate of drug-likeness (QED) is 0.660. The second-order valence-corrected chi connectivity index (χ2v) is 3.22. The van der Waals surface area contributed by atoms with E-state index in [1.807, 2.05) is 0 Å². The summed E-state index contributed by atoms with van der Waals surface area (Å²) in [6.07, 6.45) is 0. The van der Waals surface area contributed by atoms with E-state index < -0.39 is 11.8 Å². The van der Waals surface area contributed by atoms with Crippen LogP contribution in [0.15, 0.2) is 34.5 Å². The van der Waals surface area contributed by atoms with E-state index in [1.165, 1.54) is 0 Å². The SMILES string of the molecule is O=C1N=NC(=O)c2nc3ccccc3nc21. The fourth-order valence-electron chi connectivity index (χ4n) is 1.48. The third-order valence-corrected chi connectivity index (χ3v) is 2.21. The minimum Gasteiger partial charge on any atom is -0.263 e. The van der Waals surface area contributed by atoms with Gasteiger partial charge in [0.2, 0.25) is 0 Å². The van der Waals surface area contributed by atoms with Gasteiger partial charge in [0.25, 0.3) is 0 Å². The molecule has 2 aromatic rings. The molecule has 3 rings (SSSR count). The molecule has 2 heterocycles. The van der Waals surface area contributed by atoms with Crippen molar-refractivity contribution in [2.75, 3.05) is 0 Å². The first-order valence-corrected chi connectivity index (χ1v) is 4.53. The lowest BCUT2D eigenvalue weighted by molar-refractivity contribution is 0.0913. The summed E-state index contributed by atoms with van der Waals surface area (Å²) < 4.78 is 0. The molecule has 1 aliphatic heterocycles. The van der Waals surface area contributed by atoms with Gasteiger partial charge in [-0.3, -0.25) is 9.59 Å². The molecule has 1 aliphatic rings. The van der Waals surface area contributed by atoms with Gasteiger partial charge in [-0.05, 0) is 12.1 Å². The van der Waals surface area contributed by atoms with Crippen molar-refractivity contribution in [2.45, 2.75) is 0 Å². The van der Waals surface area contributed by atoms with E-state index in [2.05, 4.69) is 20.2 Å². The second kappa shape index (κ2) is 2.99. The molecule has 0 bridgehead atoms. The first-order valence-electron chi connectivity index (χ1n) is 4.53. The molecule has 1 aromatic carbocycles. The number of hydrogen-bond acceptors (Lipinski definition) is 4. The van der Waals surface area contributed by atoms with Crippen LogP contribution in [0, 0.1) is 0 Å². The summed E-state index contributed by atoms with van der Waals surface area (Å²) in [5, 5.41) is 6.39. The van der Waals surface area contributed by atoms with Crippen LogP contribution in [-0.2, 0) is 0 Å². The highest BCUT2D eigenvalue weighted by atomic mass is 16.2. The summed E-state index contributed by atoms with van der Waals surface area (Å²) in [6, 6.07) is 6.98. The average molecular weight is 212 g/mol. The number of hydrogen-bond donors (Lipinski definition) is 0. The van der Waals surface area contributed by atoms with E-state index in [0.717, 1.165) is 0 Å². The molecule has 0 fully saturated rings. The molecule has 0 saturated heterocycles. The second-order valence-electron chi connectivity index (χ2n) is 3.22. The lowest BCUT2D eigenvalue weighted by Crippen LogP contribution is -2.15. The lowest BCUT2D eigenvalue weighted by Gasteiger charge is -2.06. The smallest absolute Gasteiger partial charge is 0.263 e. The Morgan fingerprint density at radius 1 is 0.750 bits per heavy atom. The molecule has 0 spiro atoms. The molecule has 0 N–H and O–H groups in total. The van der Waals surface area contributed by atoms with Gasteiger partial charge in [0.15, 0.2) is 11.4 Å². The Kier molecular flexibility index (Phi) is 1.64. The standard InChI is InChI=1S/C10H4N4O2/c15-9-7-8(10(16)14-13-9)12-6-4-2-1-3-5(6)11-7/h1-4H. The van der Waals surface area contributed by atoms with Crippen LogP contribution < -0.4 is 0 Å². The highest BCUT2D eigenvalue weighted by molar-refractivity contribution is 6.09. The number of para-hydroxylation sites is 2. The highest BCUT2D eigenvalue weighted by Gasteiger charge is 2.25. The van der Waals surface area contributed by atoms with Gasteiger partial charge in [-0.15, -0.1) is 10.2 Å². The molecule has 2 amide bonds. The van der Waals surface area contributed by atoms with Crippen LogP contribution in [0.5, 0.6) is 0 Å². The van der Waals surface area contributed by atoms with Gasteiger partial charge in [0.1, 0.15) is 0 Å². The van der Waals surface area contributed by atoms with Gasteiger partial charge in [-0.2, -0.15) is 0 Å². The monoisotopic (exact) mass is 212 g/mol. The molecular formula is C10H4N4O2. The van der Waals surface area contributed by atoms with Crippen LogP contribution in [0.3, 0.4) is 0 Å². The number of nitrogens with zero attached hydrogens (tertiary/aromatic N) is 4. The van der Waals surface area contributed by atoms with E-state index in [9.17, 15) is 9.59 Å². The number of carbonyl (C=O) groups is 2. The van der Waals surface area contributed by atoms with Crippen molar-refractivity contribution in [3.8, 4) is 0 Å². The normalized spacial score (nSPS) is 14.2. The molecular weight excluding hydrogens is 208 g/mol. The van der Waals surface area contributed by atoms with Gasteiger partial charge in [0, 0.05) is 0 Å². The number of amides is 2. The van der Waals surface area contributed by atoms with E-state index in [1.54, 1.807) is 24.3 Å². The topological polar surface area (TPSA) is 84.6 Å². The summed E-state index contributed by atoms with van der Waals surface area (Å²) in [6.45, 7) is 0. The Morgan fingerprint density at radius 2 is 1.19 bits per heavy atom. The molecule has 0 saturated carbocycles. The third-order valence-electron chi connectivity index (χ3n) is 2.21. The van der Waals surface area contributed by atoms with Crippen molar-refractivity contribution in [3.05, 3.63) is 35.7 Å². The summed E-state index contributed by atoms with van der Waals surface area (Å²) in [5.74, 6) is -1.26. The first-order chi connectivity index (χ1) is 7.75. The lowest BCUT2D eigenvalue weighted by atomic mass is 10.2. The van der Waals surface area contributed by atoms with Crippen LogP contribution in [0.4, 0.5) is 0 Å². The number of aromatic nitrogens is 2. The van der Waals surface area contributed by atoms with Crippen molar-refractivity contribution in [3.63, 3.8) is 0 Å². The molecule has 1 aromatic heterocycles. The fourth-order valence-corrected chi connectivity index (χ4v) is 1.48. The zero-order chi connectivity index (χ0) is 11.1. The van der Waals surface area contributed by atoms with Crippen LogP contribution in [-0.4, -0.2) is 21.8 Å². The number of azo groups is 1. The molecule has 16 heavy (non-hydrogen) atoms. The van der Waals surface area contributed by atoms with Crippen molar-refractivity contribution in [2.24, 2.45) is 10.2 Å². The highest BCUT2D eigenvalue weighted by Crippen LogP contribution is 2.17. The Bertz CT molecular complexity index is 606. The zero-order valence-corrected chi connectivity index (χ0v) is 7.91. The predicted octanol–water partition coefficient (Wildman–Crippen LogP) is 1.38.